The van der Waals surface area contributed by atoms with Gasteiger partial charge in [-0.05, 0) is 6.07 Å². The number of imide groups is 1. The maximum atomic E-state index is 12.7. The SMILES string of the molecule is O=C1NCC(c2cc(N3CC(C(F)F)C3)c3nccn3n2)C(=O)N1. The number of amides is 3. The number of halogens is 2. The normalized spacial score (nSPS) is 21.8. The van der Waals surface area contributed by atoms with Crippen LogP contribution in [0, 0.1) is 5.92 Å². The van der Waals surface area contributed by atoms with Gasteiger partial charge in [-0.15, -0.1) is 0 Å². The average Bonchev–Trinajstić information content (AvgIpc) is 2.93. The first kappa shape index (κ1) is 14.8. The van der Waals surface area contributed by atoms with Crippen LogP contribution in [-0.2, 0) is 4.79 Å². The number of nitrogens with one attached hydrogen (secondary N) is 2. The number of carbonyl (C=O) groups is 2. The lowest BCUT2D eigenvalue weighted by Crippen LogP contribution is -2.51. The van der Waals surface area contributed by atoms with Crippen molar-refractivity contribution in [2.45, 2.75) is 12.3 Å². The summed E-state index contributed by atoms with van der Waals surface area (Å²) in [6, 6.07) is 1.15. The minimum absolute atomic E-state index is 0.136. The van der Waals surface area contributed by atoms with Crippen LogP contribution in [0.25, 0.3) is 5.65 Å². The summed E-state index contributed by atoms with van der Waals surface area (Å²) in [7, 11) is 0. The molecule has 1 unspecified atom stereocenters. The number of hydrogen-bond donors (Lipinski definition) is 2. The van der Waals surface area contributed by atoms with Crippen molar-refractivity contribution in [3.8, 4) is 0 Å². The zero-order valence-electron chi connectivity index (χ0n) is 12.4. The molecule has 4 rings (SSSR count). The summed E-state index contributed by atoms with van der Waals surface area (Å²) in [5.74, 6) is -1.74. The maximum absolute atomic E-state index is 12.7. The third kappa shape index (κ3) is 2.34. The molecule has 0 radical (unpaired) electrons. The molecular formula is C14H14F2N6O2. The second kappa shape index (κ2) is 5.39. The molecule has 2 aromatic rings. The van der Waals surface area contributed by atoms with Crippen molar-refractivity contribution in [2.75, 3.05) is 24.5 Å². The molecule has 2 saturated heterocycles. The number of rotatable bonds is 3. The van der Waals surface area contributed by atoms with Crippen LogP contribution in [0.1, 0.15) is 11.6 Å². The molecule has 8 nitrogen and oxygen atoms in total. The van der Waals surface area contributed by atoms with E-state index in [1.165, 1.54) is 4.52 Å². The Balaban J connectivity index is 1.68. The highest BCUT2D eigenvalue weighted by molar-refractivity contribution is 6.00. The number of imidazole rings is 1. The van der Waals surface area contributed by atoms with Crippen LogP contribution in [0.4, 0.5) is 19.3 Å². The molecule has 1 atom stereocenters. The van der Waals surface area contributed by atoms with Gasteiger partial charge in [0, 0.05) is 32.0 Å². The van der Waals surface area contributed by atoms with E-state index >= 15 is 0 Å². The van der Waals surface area contributed by atoms with Crippen molar-refractivity contribution in [2.24, 2.45) is 5.92 Å². The molecule has 10 heteroatoms. The summed E-state index contributed by atoms with van der Waals surface area (Å²) < 4.78 is 27.0. The lowest BCUT2D eigenvalue weighted by Gasteiger charge is -2.40. The smallest absolute Gasteiger partial charge is 0.321 e. The predicted molar refractivity (Wildman–Crippen MR) is 79.0 cm³/mol. The Morgan fingerprint density at radius 3 is 2.79 bits per heavy atom. The Bertz CT molecular complexity index is 817. The van der Waals surface area contributed by atoms with Crippen molar-refractivity contribution in [3.63, 3.8) is 0 Å². The van der Waals surface area contributed by atoms with Gasteiger partial charge in [0.25, 0.3) is 0 Å². The van der Waals surface area contributed by atoms with Gasteiger partial charge in [-0.1, -0.05) is 0 Å². The molecule has 0 saturated carbocycles. The third-order valence-corrected chi connectivity index (χ3v) is 4.34. The molecule has 2 aromatic heterocycles. The van der Waals surface area contributed by atoms with Gasteiger partial charge in [-0.25, -0.2) is 23.1 Å². The van der Waals surface area contributed by atoms with Crippen LogP contribution in [0.5, 0.6) is 0 Å². The minimum Gasteiger partial charge on any atom is -0.367 e. The monoisotopic (exact) mass is 336 g/mol. The molecule has 2 aliphatic rings. The fourth-order valence-corrected chi connectivity index (χ4v) is 2.96. The third-order valence-electron chi connectivity index (χ3n) is 4.34. The van der Waals surface area contributed by atoms with Crippen LogP contribution in [0.2, 0.25) is 0 Å². The molecular weight excluding hydrogens is 322 g/mol. The summed E-state index contributed by atoms with van der Waals surface area (Å²) in [5, 5.41) is 9.11. The van der Waals surface area contributed by atoms with Crippen molar-refractivity contribution in [1.29, 1.82) is 0 Å². The second-order valence-corrected chi connectivity index (χ2v) is 5.90. The van der Waals surface area contributed by atoms with Crippen LogP contribution in [0.3, 0.4) is 0 Å². The molecule has 126 valence electrons. The number of anilines is 1. The summed E-state index contributed by atoms with van der Waals surface area (Å²) in [6.45, 7) is 0.603. The number of fused-ring (bicyclic) bond motifs is 1. The van der Waals surface area contributed by atoms with E-state index in [9.17, 15) is 18.4 Å². The molecule has 0 spiro atoms. The van der Waals surface area contributed by atoms with Gasteiger partial charge in [0.1, 0.15) is 0 Å². The second-order valence-electron chi connectivity index (χ2n) is 5.90. The lowest BCUT2D eigenvalue weighted by atomic mass is 9.98. The Morgan fingerprint density at radius 2 is 2.08 bits per heavy atom. The molecule has 2 fully saturated rings. The van der Waals surface area contributed by atoms with Crippen molar-refractivity contribution >= 4 is 23.3 Å². The van der Waals surface area contributed by atoms with E-state index in [2.05, 4.69) is 20.7 Å². The highest BCUT2D eigenvalue weighted by Gasteiger charge is 2.36. The summed E-state index contributed by atoms with van der Waals surface area (Å²) in [4.78, 5) is 29.2. The fourth-order valence-electron chi connectivity index (χ4n) is 2.96. The zero-order valence-corrected chi connectivity index (χ0v) is 12.4. The highest BCUT2D eigenvalue weighted by Crippen LogP contribution is 2.32. The quantitative estimate of drug-likeness (QED) is 0.844. The molecule has 2 aliphatic heterocycles. The number of hydrogen-bond acceptors (Lipinski definition) is 5. The number of carbonyl (C=O) groups excluding carboxylic acids is 2. The Hall–Kier alpha value is -2.78. The van der Waals surface area contributed by atoms with Crippen molar-refractivity contribution < 1.29 is 18.4 Å². The first-order valence-corrected chi connectivity index (χ1v) is 7.49. The summed E-state index contributed by atoms with van der Waals surface area (Å²) in [5.41, 5.74) is 1.66. The summed E-state index contributed by atoms with van der Waals surface area (Å²) >= 11 is 0. The highest BCUT2D eigenvalue weighted by atomic mass is 19.3. The van der Waals surface area contributed by atoms with E-state index in [1.54, 1.807) is 23.4 Å². The molecule has 0 aromatic carbocycles. The number of nitrogens with zero attached hydrogens (tertiary/aromatic N) is 4. The standard InChI is InChI=1S/C14H14F2N6O2/c15-11(16)7-5-21(6-7)10-3-9(20-22-2-1-17-12(10)22)8-4-18-14(24)19-13(8)23/h1-3,7-8,11H,4-6H2,(H2,18,19,23,24). The minimum atomic E-state index is -2.35. The van der Waals surface area contributed by atoms with Crippen molar-refractivity contribution in [1.82, 2.24) is 25.2 Å². The average molecular weight is 336 g/mol. The fraction of sp³-hybridized carbons (Fsp3) is 0.429. The summed E-state index contributed by atoms with van der Waals surface area (Å²) in [6.07, 6.45) is 0.840. The van der Waals surface area contributed by atoms with E-state index < -0.39 is 30.2 Å². The predicted octanol–water partition coefficient (Wildman–Crippen LogP) is 0.354. The molecule has 0 aliphatic carbocycles. The maximum Gasteiger partial charge on any atom is 0.321 e. The molecule has 3 amide bonds. The molecule has 2 N–H and O–H groups in total. The van der Waals surface area contributed by atoms with E-state index in [4.69, 9.17) is 0 Å². The van der Waals surface area contributed by atoms with Gasteiger partial charge in [0.15, 0.2) is 5.65 Å². The van der Waals surface area contributed by atoms with Crippen LogP contribution < -0.4 is 15.5 Å². The zero-order chi connectivity index (χ0) is 16.8. The molecule has 0 bridgehead atoms. The van der Waals surface area contributed by atoms with Gasteiger partial charge in [0.2, 0.25) is 12.3 Å². The van der Waals surface area contributed by atoms with E-state index in [0.29, 0.717) is 17.0 Å². The van der Waals surface area contributed by atoms with Gasteiger partial charge < -0.3 is 10.2 Å². The van der Waals surface area contributed by atoms with Crippen LogP contribution >= 0.6 is 0 Å². The van der Waals surface area contributed by atoms with E-state index in [0.717, 1.165) is 0 Å². The van der Waals surface area contributed by atoms with E-state index in [1.807, 2.05) is 0 Å². The van der Waals surface area contributed by atoms with Crippen molar-refractivity contribution in [3.05, 3.63) is 24.2 Å². The number of urea groups is 1. The van der Waals surface area contributed by atoms with Gasteiger partial charge in [-0.2, -0.15) is 5.10 Å². The van der Waals surface area contributed by atoms with Gasteiger partial charge >= 0.3 is 6.03 Å². The Morgan fingerprint density at radius 1 is 1.29 bits per heavy atom. The Labute approximate surface area is 134 Å². The number of aromatic nitrogens is 3. The van der Waals surface area contributed by atoms with Gasteiger partial charge in [-0.3, -0.25) is 10.1 Å². The molecule has 4 heterocycles. The topological polar surface area (TPSA) is 91.6 Å². The number of alkyl halides is 2. The van der Waals surface area contributed by atoms with E-state index in [-0.39, 0.29) is 19.6 Å². The molecule has 24 heavy (non-hydrogen) atoms. The lowest BCUT2D eigenvalue weighted by molar-refractivity contribution is -0.122. The Kier molecular flexibility index (Phi) is 3.32. The van der Waals surface area contributed by atoms with Gasteiger partial charge in [0.05, 0.1) is 23.2 Å². The van der Waals surface area contributed by atoms with Crippen LogP contribution in [-0.4, -0.2) is 52.6 Å². The first-order chi connectivity index (χ1) is 11.5. The largest absolute Gasteiger partial charge is 0.367 e. The first-order valence-electron chi connectivity index (χ1n) is 7.49. The van der Waals surface area contributed by atoms with Crippen LogP contribution in [0.15, 0.2) is 18.5 Å².